The van der Waals surface area contributed by atoms with Gasteiger partial charge in [0.2, 0.25) is 0 Å². The Kier molecular flexibility index (Phi) is 8.20. The van der Waals surface area contributed by atoms with Crippen molar-refractivity contribution in [1.29, 1.82) is 0 Å². The lowest BCUT2D eigenvalue weighted by atomic mass is 9.68. The monoisotopic (exact) mass is 456 g/mol. The molecule has 0 atom stereocenters. The fourth-order valence-electron chi connectivity index (χ4n) is 6.38. The first-order valence-electron chi connectivity index (χ1n) is 13.2. The molecule has 4 rings (SSSR count). The summed E-state index contributed by atoms with van der Waals surface area (Å²) < 4.78 is 42.8. The lowest BCUT2D eigenvalue weighted by Crippen LogP contribution is -2.25. The zero-order valence-electron chi connectivity index (χ0n) is 20.3. The Labute approximate surface area is 198 Å². The van der Waals surface area contributed by atoms with Gasteiger partial charge in [0.1, 0.15) is 17.5 Å². The molecule has 0 amide bonds. The van der Waals surface area contributed by atoms with Crippen molar-refractivity contribution in [2.75, 3.05) is 0 Å². The summed E-state index contributed by atoms with van der Waals surface area (Å²) in [6.45, 7) is 3.67. The maximum Gasteiger partial charge on any atom is 0.131 e. The third-order valence-electron chi connectivity index (χ3n) is 8.60. The van der Waals surface area contributed by atoms with Gasteiger partial charge in [0, 0.05) is 11.1 Å². The van der Waals surface area contributed by atoms with Crippen molar-refractivity contribution < 1.29 is 13.2 Å². The molecule has 2 aliphatic rings. The normalized spacial score (nSPS) is 25.8. The van der Waals surface area contributed by atoms with Crippen molar-refractivity contribution in [2.24, 2.45) is 17.8 Å². The molecule has 0 aromatic heterocycles. The number of benzene rings is 2. The first-order valence-corrected chi connectivity index (χ1v) is 13.2. The van der Waals surface area contributed by atoms with Crippen molar-refractivity contribution in [3.63, 3.8) is 0 Å². The molecule has 0 bridgehead atoms. The minimum atomic E-state index is -0.637. The standard InChI is InChI=1S/C30H39F3/c1-3-4-5-6-21-7-9-22(10-8-21)23-11-13-24(14-12-23)25-15-16-27(30(33)17-25)26-18-28(31)20(2)29(32)19-26/h15-19,21-24H,3-14H2,1-2H3. The molecule has 2 aromatic carbocycles. The minimum Gasteiger partial charge on any atom is -0.207 e. The molecule has 2 aromatic rings. The van der Waals surface area contributed by atoms with Crippen molar-refractivity contribution >= 4 is 0 Å². The molecule has 2 aliphatic carbocycles. The molecule has 33 heavy (non-hydrogen) atoms. The summed E-state index contributed by atoms with van der Waals surface area (Å²) >= 11 is 0. The highest BCUT2D eigenvalue weighted by molar-refractivity contribution is 5.65. The Hall–Kier alpha value is -1.77. The van der Waals surface area contributed by atoms with E-state index >= 15 is 0 Å². The van der Waals surface area contributed by atoms with Crippen LogP contribution in [0.25, 0.3) is 11.1 Å². The quantitative estimate of drug-likeness (QED) is 0.364. The van der Waals surface area contributed by atoms with Gasteiger partial charge in [-0.1, -0.05) is 57.6 Å². The topological polar surface area (TPSA) is 0 Å². The second-order valence-electron chi connectivity index (χ2n) is 10.7. The summed E-state index contributed by atoms with van der Waals surface area (Å²) in [6, 6.07) is 7.69. The van der Waals surface area contributed by atoms with E-state index in [1.807, 2.05) is 6.07 Å². The zero-order valence-corrected chi connectivity index (χ0v) is 20.3. The van der Waals surface area contributed by atoms with E-state index < -0.39 is 17.5 Å². The van der Waals surface area contributed by atoms with Gasteiger partial charge in [-0.05, 0) is 98.4 Å². The van der Waals surface area contributed by atoms with E-state index in [0.29, 0.717) is 5.92 Å². The van der Waals surface area contributed by atoms with Gasteiger partial charge in [-0.2, -0.15) is 0 Å². The molecular formula is C30H39F3. The van der Waals surface area contributed by atoms with E-state index in [4.69, 9.17) is 0 Å². The molecule has 0 heterocycles. The zero-order chi connectivity index (χ0) is 23.4. The van der Waals surface area contributed by atoms with Gasteiger partial charge in [-0.15, -0.1) is 0 Å². The van der Waals surface area contributed by atoms with Crippen LogP contribution in [0, 0.1) is 42.1 Å². The van der Waals surface area contributed by atoms with E-state index in [1.54, 1.807) is 12.1 Å². The highest BCUT2D eigenvalue weighted by Gasteiger charge is 2.31. The van der Waals surface area contributed by atoms with Crippen LogP contribution < -0.4 is 0 Å². The predicted molar refractivity (Wildman–Crippen MR) is 131 cm³/mol. The van der Waals surface area contributed by atoms with Crippen LogP contribution in [0.4, 0.5) is 13.2 Å². The van der Waals surface area contributed by atoms with Crippen LogP contribution in [-0.2, 0) is 0 Å². The molecule has 0 spiro atoms. The average Bonchev–Trinajstić information content (AvgIpc) is 2.83. The van der Waals surface area contributed by atoms with E-state index in [0.717, 1.165) is 36.2 Å². The Morgan fingerprint density at radius 1 is 0.727 bits per heavy atom. The van der Waals surface area contributed by atoms with Gasteiger partial charge in [-0.25, -0.2) is 13.2 Å². The van der Waals surface area contributed by atoms with Gasteiger partial charge < -0.3 is 0 Å². The number of unbranched alkanes of at least 4 members (excludes halogenated alkanes) is 2. The van der Waals surface area contributed by atoms with Crippen molar-refractivity contribution in [2.45, 2.75) is 96.8 Å². The van der Waals surface area contributed by atoms with Crippen LogP contribution in [0.3, 0.4) is 0 Å². The van der Waals surface area contributed by atoms with Crippen molar-refractivity contribution in [3.8, 4) is 11.1 Å². The van der Waals surface area contributed by atoms with Crippen LogP contribution in [0.2, 0.25) is 0 Å². The van der Waals surface area contributed by atoms with E-state index in [2.05, 4.69) is 6.92 Å². The molecule has 2 saturated carbocycles. The maximum absolute atomic E-state index is 14.9. The predicted octanol–water partition coefficient (Wildman–Crippen LogP) is 9.74. The lowest BCUT2D eigenvalue weighted by Gasteiger charge is -2.38. The minimum absolute atomic E-state index is 0.0301. The molecule has 3 heteroatoms. The SMILES string of the molecule is CCCCCC1CCC(C2CCC(c3ccc(-c4cc(F)c(C)c(F)c4)c(F)c3)CC2)CC1. The van der Waals surface area contributed by atoms with Gasteiger partial charge in [0.25, 0.3) is 0 Å². The first kappa shape index (κ1) is 24.4. The van der Waals surface area contributed by atoms with Crippen LogP contribution in [0.5, 0.6) is 0 Å². The van der Waals surface area contributed by atoms with Gasteiger partial charge in [0.05, 0.1) is 0 Å². The average molecular weight is 457 g/mol. The van der Waals surface area contributed by atoms with Crippen LogP contribution in [0.1, 0.15) is 101 Å². The van der Waals surface area contributed by atoms with Crippen molar-refractivity contribution in [1.82, 2.24) is 0 Å². The van der Waals surface area contributed by atoms with Gasteiger partial charge in [0.15, 0.2) is 0 Å². The largest absolute Gasteiger partial charge is 0.207 e. The second-order valence-corrected chi connectivity index (χ2v) is 10.7. The summed E-state index contributed by atoms with van der Waals surface area (Å²) in [5.74, 6) is 1.41. The molecule has 0 N–H and O–H groups in total. The third kappa shape index (κ3) is 5.84. The van der Waals surface area contributed by atoms with Crippen LogP contribution in [0.15, 0.2) is 30.3 Å². The summed E-state index contributed by atoms with van der Waals surface area (Å²) in [6.07, 6.45) is 15.9. The molecule has 180 valence electrons. The molecule has 0 unspecified atom stereocenters. The van der Waals surface area contributed by atoms with Gasteiger partial charge >= 0.3 is 0 Å². The molecule has 2 fully saturated rings. The number of hydrogen-bond donors (Lipinski definition) is 0. The second kappa shape index (κ2) is 11.1. The first-order chi connectivity index (χ1) is 16.0. The van der Waals surface area contributed by atoms with E-state index in [-0.39, 0.29) is 16.7 Å². The molecule has 0 nitrogen and oxygen atoms in total. The summed E-state index contributed by atoms with van der Waals surface area (Å²) in [7, 11) is 0. The molecular weight excluding hydrogens is 417 g/mol. The van der Waals surface area contributed by atoms with E-state index in [9.17, 15) is 13.2 Å². The third-order valence-corrected chi connectivity index (χ3v) is 8.60. The lowest BCUT2D eigenvalue weighted by molar-refractivity contribution is 0.155. The Morgan fingerprint density at radius 2 is 1.33 bits per heavy atom. The summed E-state index contributed by atoms with van der Waals surface area (Å²) in [5.41, 5.74) is 1.52. The summed E-state index contributed by atoms with van der Waals surface area (Å²) in [5, 5.41) is 0. The Morgan fingerprint density at radius 3 is 1.91 bits per heavy atom. The highest BCUT2D eigenvalue weighted by atomic mass is 19.1. The molecule has 0 saturated heterocycles. The maximum atomic E-state index is 14.9. The fourth-order valence-corrected chi connectivity index (χ4v) is 6.38. The number of hydrogen-bond acceptors (Lipinski definition) is 0. The van der Waals surface area contributed by atoms with E-state index in [1.165, 1.54) is 83.3 Å². The number of rotatable bonds is 7. The smallest absolute Gasteiger partial charge is 0.131 e. The Balaban J connectivity index is 1.32. The van der Waals surface area contributed by atoms with Crippen LogP contribution >= 0.6 is 0 Å². The van der Waals surface area contributed by atoms with Crippen molar-refractivity contribution in [3.05, 3.63) is 58.9 Å². The molecule has 0 aliphatic heterocycles. The van der Waals surface area contributed by atoms with Crippen LogP contribution in [-0.4, -0.2) is 0 Å². The molecule has 0 radical (unpaired) electrons. The number of halogens is 3. The summed E-state index contributed by atoms with van der Waals surface area (Å²) in [4.78, 5) is 0. The highest BCUT2D eigenvalue weighted by Crippen LogP contribution is 2.45. The van der Waals surface area contributed by atoms with Gasteiger partial charge in [-0.3, -0.25) is 0 Å². The Bertz CT molecular complexity index is 895. The fraction of sp³-hybridized carbons (Fsp3) is 0.600.